The highest BCUT2D eigenvalue weighted by Crippen LogP contribution is 2.44. The molecule has 0 aliphatic heterocycles. The van der Waals surface area contributed by atoms with Crippen molar-refractivity contribution in [3.05, 3.63) is 75.7 Å². The van der Waals surface area contributed by atoms with E-state index in [2.05, 4.69) is 31.4 Å². The summed E-state index contributed by atoms with van der Waals surface area (Å²) >= 11 is 1.53. The second-order valence-corrected chi connectivity index (χ2v) is 11.5. The molecule has 5 nitrogen and oxygen atoms in total. The van der Waals surface area contributed by atoms with Gasteiger partial charge in [0.25, 0.3) is 11.8 Å². The second kappa shape index (κ2) is 10.2. The van der Waals surface area contributed by atoms with Gasteiger partial charge in [-0.1, -0.05) is 45.0 Å². The summed E-state index contributed by atoms with van der Waals surface area (Å²) in [5.74, 6) is 0.711. The zero-order chi connectivity index (χ0) is 25.2. The van der Waals surface area contributed by atoms with Crippen molar-refractivity contribution in [3.8, 4) is 5.75 Å². The van der Waals surface area contributed by atoms with Crippen LogP contribution in [0.5, 0.6) is 5.75 Å². The van der Waals surface area contributed by atoms with E-state index in [1.165, 1.54) is 21.8 Å². The molecule has 0 radical (unpaired) electrons. The van der Waals surface area contributed by atoms with Gasteiger partial charge in [0, 0.05) is 10.6 Å². The minimum atomic E-state index is -0.278. The number of amides is 2. The van der Waals surface area contributed by atoms with Crippen LogP contribution in [0.4, 0.5) is 10.7 Å². The van der Waals surface area contributed by atoms with Gasteiger partial charge in [-0.2, -0.15) is 0 Å². The number of anilines is 2. The first-order valence-electron chi connectivity index (χ1n) is 12.1. The average Bonchev–Trinajstić information content (AvgIpc) is 3.17. The van der Waals surface area contributed by atoms with Crippen molar-refractivity contribution in [2.75, 3.05) is 17.2 Å². The summed E-state index contributed by atoms with van der Waals surface area (Å²) < 4.78 is 5.62. The van der Waals surface area contributed by atoms with Crippen LogP contribution in [0, 0.1) is 25.2 Å². The third-order valence-corrected chi connectivity index (χ3v) is 8.02. The molecule has 2 N–H and O–H groups in total. The molecule has 0 fully saturated rings. The van der Waals surface area contributed by atoms with Gasteiger partial charge in [0.2, 0.25) is 0 Å². The van der Waals surface area contributed by atoms with Gasteiger partial charge >= 0.3 is 0 Å². The summed E-state index contributed by atoms with van der Waals surface area (Å²) in [6, 6.07) is 15.1. The molecule has 35 heavy (non-hydrogen) atoms. The predicted molar refractivity (Wildman–Crippen MR) is 144 cm³/mol. The molecule has 1 aliphatic carbocycles. The highest BCUT2D eigenvalue weighted by atomic mass is 32.1. The monoisotopic (exact) mass is 490 g/mol. The number of carbonyl (C=O) groups is 2. The molecular formula is C29H34N2O3S. The van der Waals surface area contributed by atoms with Crippen LogP contribution in [0.15, 0.2) is 48.5 Å². The lowest BCUT2D eigenvalue weighted by Crippen LogP contribution is -2.27. The van der Waals surface area contributed by atoms with Crippen molar-refractivity contribution in [3.63, 3.8) is 0 Å². The van der Waals surface area contributed by atoms with E-state index in [1.807, 2.05) is 62.4 Å². The molecule has 0 saturated carbocycles. The zero-order valence-corrected chi connectivity index (χ0v) is 22.0. The van der Waals surface area contributed by atoms with E-state index in [-0.39, 0.29) is 23.8 Å². The number of hydrogen-bond acceptors (Lipinski definition) is 4. The molecule has 2 aromatic carbocycles. The minimum absolute atomic E-state index is 0.116. The molecule has 2 amide bonds. The predicted octanol–water partition coefficient (Wildman–Crippen LogP) is 6.79. The Labute approximate surface area is 211 Å². The maximum absolute atomic E-state index is 13.5. The van der Waals surface area contributed by atoms with Crippen molar-refractivity contribution in [2.24, 2.45) is 11.3 Å². The molecule has 0 saturated heterocycles. The molecule has 4 rings (SSSR count). The lowest BCUT2D eigenvalue weighted by Gasteiger charge is -2.33. The smallest absolute Gasteiger partial charge is 0.262 e. The van der Waals surface area contributed by atoms with E-state index in [0.717, 1.165) is 36.1 Å². The van der Waals surface area contributed by atoms with Gasteiger partial charge in [0.05, 0.1) is 5.56 Å². The van der Waals surface area contributed by atoms with Gasteiger partial charge in [0.1, 0.15) is 10.8 Å². The third kappa shape index (κ3) is 5.93. The van der Waals surface area contributed by atoms with E-state index < -0.39 is 0 Å². The lowest BCUT2D eigenvalue weighted by molar-refractivity contribution is -0.118. The molecule has 0 spiro atoms. The SMILES string of the molecule is Cc1ccc(NC(=O)c2c(NC(=O)COc3ccccc3)sc3c2CCC(C(C)(C)C)C3)cc1C. The van der Waals surface area contributed by atoms with Gasteiger partial charge in [0.15, 0.2) is 6.61 Å². The van der Waals surface area contributed by atoms with E-state index >= 15 is 0 Å². The molecule has 1 aromatic heterocycles. The minimum Gasteiger partial charge on any atom is -0.484 e. The van der Waals surface area contributed by atoms with Crippen molar-refractivity contribution >= 4 is 33.8 Å². The van der Waals surface area contributed by atoms with Crippen molar-refractivity contribution < 1.29 is 14.3 Å². The van der Waals surface area contributed by atoms with Gasteiger partial charge in [-0.25, -0.2) is 0 Å². The summed E-state index contributed by atoms with van der Waals surface area (Å²) in [7, 11) is 0. The van der Waals surface area contributed by atoms with E-state index in [0.29, 0.717) is 22.2 Å². The topological polar surface area (TPSA) is 67.4 Å². The highest BCUT2D eigenvalue weighted by Gasteiger charge is 2.34. The van der Waals surface area contributed by atoms with Crippen LogP contribution < -0.4 is 15.4 Å². The van der Waals surface area contributed by atoms with Crippen LogP contribution >= 0.6 is 11.3 Å². The number of benzene rings is 2. The third-order valence-electron chi connectivity index (χ3n) is 6.85. The molecular weight excluding hydrogens is 456 g/mol. The molecule has 0 bridgehead atoms. The largest absolute Gasteiger partial charge is 0.484 e. The van der Waals surface area contributed by atoms with Gasteiger partial charge in [-0.05, 0) is 85.4 Å². The number of thiophene rings is 1. The van der Waals surface area contributed by atoms with E-state index in [4.69, 9.17) is 4.74 Å². The molecule has 1 heterocycles. The average molecular weight is 491 g/mol. The van der Waals surface area contributed by atoms with E-state index in [1.54, 1.807) is 0 Å². The Hall–Kier alpha value is -3.12. The molecule has 184 valence electrons. The summed E-state index contributed by atoms with van der Waals surface area (Å²) in [6.07, 6.45) is 2.78. The molecule has 1 aliphatic rings. The first-order valence-corrected chi connectivity index (χ1v) is 12.9. The normalized spacial score (nSPS) is 15.3. The first kappa shape index (κ1) is 25.0. The maximum atomic E-state index is 13.5. The maximum Gasteiger partial charge on any atom is 0.262 e. The molecule has 6 heteroatoms. The van der Waals surface area contributed by atoms with Crippen LogP contribution in [0.1, 0.15) is 59.1 Å². The Bertz CT molecular complexity index is 1220. The van der Waals surface area contributed by atoms with Gasteiger partial charge in [-0.3, -0.25) is 9.59 Å². The number of nitrogens with one attached hydrogen (secondary N) is 2. The number of rotatable bonds is 6. The Morgan fingerprint density at radius 1 is 1.03 bits per heavy atom. The Morgan fingerprint density at radius 3 is 2.46 bits per heavy atom. The zero-order valence-electron chi connectivity index (χ0n) is 21.2. The quantitative estimate of drug-likeness (QED) is 0.400. The van der Waals surface area contributed by atoms with Crippen molar-refractivity contribution in [1.29, 1.82) is 0 Å². The van der Waals surface area contributed by atoms with Crippen LogP contribution in [0.2, 0.25) is 0 Å². The van der Waals surface area contributed by atoms with Crippen LogP contribution in [-0.4, -0.2) is 18.4 Å². The number of para-hydroxylation sites is 1. The van der Waals surface area contributed by atoms with Gasteiger partial charge < -0.3 is 15.4 Å². The van der Waals surface area contributed by atoms with Crippen LogP contribution in [-0.2, 0) is 17.6 Å². The second-order valence-electron chi connectivity index (χ2n) is 10.4. The number of carbonyl (C=O) groups excluding carboxylic acids is 2. The molecule has 1 atom stereocenters. The number of hydrogen-bond donors (Lipinski definition) is 2. The van der Waals surface area contributed by atoms with Crippen LogP contribution in [0.25, 0.3) is 0 Å². The van der Waals surface area contributed by atoms with Crippen molar-refractivity contribution in [1.82, 2.24) is 0 Å². The Morgan fingerprint density at radius 2 is 1.77 bits per heavy atom. The van der Waals surface area contributed by atoms with Crippen LogP contribution in [0.3, 0.4) is 0 Å². The number of ether oxygens (including phenoxy) is 1. The van der Waals surface area contributed by atoms with Gasteiger partial charge in [-0.15, -0.1) is 11.3 Å². The number of aryl methyl sites for hydroxylation is 2. The standard InChI is InChI=1S/C29H34N2O3S/c1-18-11-13-21(15-19(18)2)30-27(33)26-23-14-12-20(29(3,4)5)16-24(23)35-28(26)31-25(32)17-34-22-9-7-6-8-10-22/h6-11,13,15,20H,12,14,16-17H2,1-5H3,(H,30,33)(H,31,32). The van der Waals surface area contributed by atoms with E-state index in [9.17, 15) is 9.59 Å². The highest BCUT2D eigenvalue weighted by molar-refractivity contribution is 7.17. The molecule has 1 unspecified atom stereocenters. The summed E-state index contributed by atoms with van der Waals surface area (Å²) in [5, 5.41) is 6.64. The van der Waals surface area contributed by atoms with Crippen molar-refractivity contribution in [2.45, 2.75) is 53.9 Å². The summed E-state index contributed by atoms with van der Waals surface area (Å²) in [4.78, 5) is 27.5. The number of fused-ring (bicyclic) bond motifs is 1. The first-order chi connectivity index (χ1) is 16.6. The Kier molecular flexibility index (Phi) is 7.31. The fourth-order valence-corrected chi connectivity index (χ4v) is 5.84. The summed E-state index contributed by atoms with van der Waals surface area (Å²) in [6.45, 7) is 10.8. The summed E-state index contributed by atoms with van der Waals surface area (Å²) in [5.41, 5.74) is 4.90. The fraction of sp³-hybridized carbons (Fsp3) is 0.379. The molecule has 3 aromatic rings. The lowest BCUT2D eigenvalue weighted by atomic mass is 9.72. The Balaban J connectivity index is 1.59. The fourth-order valence-electron chi connectivity index (χ4n) is 4.49.